The van der Waals surface area contributed by atoms with Gasteiger partial charge in [0.25, 0.3) is 0 Å². The number of hydrogen-bond acceptors (Lipinski definition) is 0. The van der Waals surface area contributed by atoms with Crippen molar-refractivity contribution < 1.29 is 0 Å². The van der Waals surface area contributed by atoms with Crippen LogP contribution < -0.4 is 0 Å². The van der Waals surface area contributed by atoms with Gasteiger partial charge in [0, 0.05) is 8.29 Å². The van der Waals surface area contributed by atoms with Crippen LogP contribution in [0, 0.1) is 0 Å². The normalized spacial score (nSPS) is 20.8. The van der Waals surface area contributed by atoms with E-state index in [-0.39, 0.29) is 0 Å². The summed E-state index contributed by atoms with van der Waals surface area (Å²) in [6.07, 6.45) is 0. The molecule has 0 nitrogen and oxygen atoms in total. The molecule has 23 valence electrons. The van der Waals surface area contributed by atoms with Crippen LogP contribution in [0.25, 0.3) is 0 Å². The Bertz CT molecular complexity index is 65.7. The van der Waals surface area contributed by atoms with Crippen LogP contribution in [0.4, 0.5) is 0 Å². The average Bonchev–Trinajstić information content (AvgIpc) is 1.76. The van der Waals surface area contributed by atoms with Gasteiger partial charge < -0.3 is 0 Å². The summed E-state index contributed by atoms with van der Waals surface area (Å²) in [6.45, 7) is 0. The Morgan fingerprint density at radius 2 is 2.60 bits per heavy atom. The summed E-state index contributed by atoms with van der Waals surface area (Å²) in [5.41, 5.74) is 2.26. The zero-order valence-corrected chi connectivity index (χ0v) is 5.50. The van der Waals surface area contributed by atoms with Crippen LogP contribution in [-0.2, 0) is 0 Å². The lowest BCUT2D eigenvalue weighted by Gasteiger charge is -1.50. The second-order valence-corrected chi connectivity index (χ2v) is 6.43. The van der Waals surface area contributed by atoms with Gasteiger partial charge in [-0.15, -0.1) is 7.72 Å². The Kier molecular flexibility index (Phi) is 1.32. The predicted octanol–water partition coefficient (Wildman–Crippen LogP) is 0.656. The summed E-state index contributed by atoms with van der Waals surface area (Å²) in [5, 5.41) is 0. The third-order valence-corrected chi connectivity index (χ3v) is 5.58. The molecule has 1 aliphatic rings. The highest BCUT2D eigenvalue weighted by atomic mass is 31.2. The first-order valence-corrected chi connectivity index (χ1v) is 6.24. The van der Waals surface area contributed by atoms with Crippen LogP contribution in [0.2, 0.25) is 0 Å². The molecule has 0 saturated carbocycles. The molecular weight excluding hydrogens is 111 g/mol. The third kappa shape index (κ3) is 0.914. The van der Waals surface area contributed by atoms with Gasteiger partial charge in [-0.2, -0.15) is 0 Å². The summed E-state index contributed by atoms with van der Waals surface area (Å²) in [4.78, 5) is 0. The zero-order chi connectivity index (χ0) is 3.54. The van der Waals surface area contributed by atoms with Crippen molar-refractivity contribution in [2.24, 2.45) is 0 Å². The van der Waals surface area contributed by atoms with E-state index in [1.165, 1.54) is 8.29 Å². The number of rotatable bonds is 0. The minimum absolute atomic E-state index is 1.14. The molecule has 0 unspecified atom stereocenters. The predicted molar refractivity (Wildman–Crippen MR) is 27.6 cm³/mol. The molecule has 0 bridgehead atoms. The van der Waals surface area contributed by atoms with Gasteiger partial charge in [-0.1, -0.05) is 5.70 Å². The van der Waals surface area contributed by atoms with Crippen molar-refractivity contribution in [2.45, 2.75) is 0 Å². The highest BCUT2D eigenvalue weighted by Gasteiger charge is 1.77. The molecule has 0 N–H and O–H groups in total. The summed E-state index contributed by atoms with van der Waals surface area (Å²) in [7, 11) is 3.89. The molecule has 0 aliphatic carbocycles. The minimum atomic E-state index is 1.14. The lowest BCUT2D eigenvalue weighted by Crippen LogP contribution is -1.76. The molecule has 1 aliphatic heterocycles. The van der Waals surface area contributed by atoms with Crippen molar-refractivity contribution in [3.05, 3.63) is 11.5 Å². The van der Waals surface area contributed by atoms with Crippen molar-refractivity contribution in [1.82, 2.24) is 0 Å². The zero-order valence-electron chi connectivity index (χ0n) is 2.60. The van der Waals surface area contributed by atoms with E-state index in [1.54, 1.807) is 7.72 Å². The maximum absolute atomic E-state index is 2.26. The van der Waals surface area contributed by atoms with E-state index in [9.17, 15) is 0 Å². The molecular formula is C2H2PSi2. The van der Waals surface area contributed by atoms with Crippen LogP contribution >= 0.6 is 7.72 Å². The second-order valence-electron chi connectivity index (χ2n) is 0.701. The van der Waals surface area contributed by atoms with Gasteiger partial charge >= 0.3 is 0 Å². The first-order chi connectivity index (χ1) is 2.50. The summed E-state index contributed by atoms with van der Waals surface area (Å²) < 4.78 is 0. The van der Waals surface area contributed by atoms with E-state index in [4.69, 9.17) is 0 Å². The molecule has 0 aromatic heterocycles. The fourth-order valence-corrected chi connectivity index (χ4v) is 5.03. The van der Waals surface area contributed by atoms with Crippen molar-refractivity contribution in [1.29, 1.82) is 0 Å². The van der Waals surface area contributed by atoms with Crippen LogP contribution in [0.5, 0.6) is 0 Å². The van der Waals surface area contributed by atoms with E-state index in [0.717, 1.165) is 9.04 Å². The Balaban J connectivity index is 2.61. The first kappa shape index (κ1) is 3.66. The van der Waals surface area contributed by atoms with Gasteiger partial charge in [-0.3, -0.25) is 0 Å². The molecule has 0 atom stereocenters. The topological polar surface area (TPSA) is 0 Å². The molecule has 0 aromatic rings. The Morgan fingerprint density at radius 3 is 2.80 bits per heavy atom. The summed E-state index contributed by atoms with van der Waals surface area (Å²) in [6, 6.07) is 0. The van der Waals surface area contributed by atoms with Crippen molar-refractivity contribution in [2.75, 3.05) is 0 Å². The molecule has 3 heteroatoms. The van der Waals surface area contributed by atoms with Crippen molar-refractivity contribution in [3.8, 4) is 0 Å². The molecule has 5 heavy (non-hydrogen) atoms. The Labute approximate surface area is 37.3 Å². The van der Waals surface area contributed by atoms with Crippen molar-refractivity contribution >= 4 is 25.0 Å². The molecule has 0 aromatic carbocycles. The van der Waals surface area contributed by atoms with Crippen LogP contribution in [0.3, 0.4) is 0 Å². The molecule has 1 rings (SSSR count). The fraction of sp³-hybridized carbons (Fsp3) is 0. The molecule has 3 radical (unpaired) electrons. The monoisotopic (exact) mass is 113 g/mol. The van der Waals surface area contributed by atoms with Crippen molar-refractivity contribution in [3.63, 3.8) is 0 Å². The summed E-state index contributed by atoms with van der Waals surface area (Å²) >= 11 is 0. The Morgan fingerprint density at radius 1 is 1.60 bits per heavy atom. The van der Waals surface area contributed by atoms with Crippen LogP contribution in [-0.4, -0.2) is 17.3 Å². The highest BCUT2D eigenvalue weighted by molar-refractivity contribution is 7.61. The molecule has 0 amide bonds. The van der Waals surface area contributed by atoms with E-state index < -0.39 is 0 Å². The largest absolute Gasteiger partial charge is 0.113 e. The van der Waals surface area contributed by atoms with E-state index in [0.29, 0.717) is 0 Å². The second kappa shape index (κ2) is 1.80. The lowest BCUT2D eigenvalue weighted by molar-refractivity contribution is 2.53. The SMILES string of the molecule is C1=CP=[Si][Si]1. The lowest BCUT2D eigenvalue weighted by atomic mass is 11.2. The first-order valence-electron chi connectivity index (χ1n) is 1.35. The minimum Gasteiger partial charge on any atom is -0.113 e. The average molecular weight is 113 g/mol. The van der Waals surface area contributed by atoms with Gasteiger partial charge in [0.15, 0.2) is 0 Å². The maximum Gasteiger partial charge on any atom is 0.0891 e. The molecule has 0 spiro atoms. The van der Waals surface area contributed by atoms with Gasteiger partial charge in [-0.05, 0) is 5.82 Å². The van der Waals surface area contributed by atoms with Gasteiger partial charge in [0.2, 0.25) is 0 Å². The quantitative estimate of drug-likeness (QED) is 0.320. The van der Waals surface area contributed by atoms with E-state index >= 15 is 0 Å². The van der Waals surface area contributed by atoms with E-state index in [1.807, 2.05) is 0 Å². The summed E-state index contributed by atoms with van der Waals surface area (Å²) in [5.74, 6) is 2.23. The van der Waals surface area contributed by atoms with E-state index in [2.05, 4.69) is 11.5 Å². The molecule has 1 heterocycles. The number of hydrogen-bond donors (Lipinski definition) is 0. The molecule has 0 saturated heterocycles. The van der Waals surface area contributed by atoms with Gasteiger partial charge in [0.1, 0.15) is 0 Å². The van der Waals surface area contributed by atoms with Gasteiger partial charge in [0.05, 0.1) is 9.04 Å². The highest BCUT2D eigenvalue weighted by Crippen LogP contribution is 1.97. The maximum atomic E-state index is 2.26. The molecule has 0 fully saturated rings. The fourth-order valence-electron chi connectivity index (χ4n) is 0.186. The third-order valence-electron chi connectivity index (χ3n) is 0.362. The smallest absolute Gasteiger partial charge is 0.0891 e. The van der Waals surface area contributed by atoms with Gasteiger partial charge in [-0.25, -0.2) is 0 Å². The standard InChI is InChI=1S/C2H2PSi2/c1-2-4-5-3-1/h1-2H. The van der Waals surface area contributed by atoms with Crippen LogP contribution in [0.15, 0.2) is 11.5 Å². The Hall–Kier alpha value is 0.474. The van der Waals surface area contributed by atoms with Crippen LogP contribution in [0.1, 0.15) is 0 Å².